The van der Waals surface area contributed by atoms with E-state index in [1.54, 1.807) is 12.1 Å². The van der Waals surface area contributed by atoms with Crippen molar-refractivity contribution in [2.24, 2.45) is 0 Å². The van der Waals surface area contributed by atoms with Gasteiger partial charge in [-0.3, -0.25) is 0 Å². The van der Waals surface area contributed by atoms with Gasteiger partial charge in [0.1, 0.15) is 12.4 Å². The van der Waals surface area contributed by atoms with Gasteiger partial charge in [0, 0.05) is 12.0 Å². The molecular weight excluding hydrogens is 403 g/mol. The second kappa shape index (κ2) is 13.5. The first-order chi connectivity index (χ1) is 14.7. The van der Waals surface area contributed by atoms with Crippen LogP contribution in [-0.2, 0) is 11.4 Å². The Morgan fingerprint density at radius 3 is 1.97 bits per heavy atom. The molecule has 6 heteroatoms. The first-order valence-corrected chi connectivity index (χ1v) is 9.72. The third kappa shape index (κ3) is 8.50. The van der Waals surface area contributed by atoms with E-state index in [2.05, 4.69) is 0 Å². The van der Waals surface area contributed by atoms with Crippen LogP contribution < -0.4 is 48.9 Å². The summed E-state index contributed by atoms with van der Waals surface area (Å²) in [6.45, 7) is 1.37. The molecule has 0 fully saturated rings. The zero-order chi connectivity index (χ0) is 21.0. The van der Waals surface area contributed by atoms with Crippen molar-refractivity contribution in [1.29, 1.82) is 0 Å². The monoisotopic (exact) mass is 426 g/mol. The molecule has 0 amide bonds. The van der Waals surface area contributed by atoms with E-state index in [4.69, 9.17) is 14.2 Å². The third-order valence-corrected chi connectivity index (χ3v) is 4.21. The molecule has 31 heavy (non-hydrogen) atoms. The predicted octanol–water partition coefficient (Wildman–Crippen LogP) is 0.881. The van der Waals surface area contributed by atoms with E-state index in [1.807, 2.05) is 66.7 Å². The first kappa shape index (κ1) is 24.5. The van der Waals surface area contributed by atoms with Crippen molar-refractivity contribution in [2.45, 2.75) is 13.0 Å². The van der Waals surface area contributed by atoms with Crippen molar-refractivity contribution in [3.63, 3.8) is 0 Å². The van der Waals surface area contributed by atoms with Gasteiger partial charge in [0.2, 0.25) is 0 Å². The minimum atomic E-state index is -1.24. The standard InChI is InChI=1S/C25H24O5.Na/c26-25(27)16-15-21-11-4-5-12-22(21)28-17-8-18-29-23-13-6-7-14-24(23)30-19-20-9-2-1-3-10-20;/h1-7,9-16H,8,17-19H2,(H,26,27);/q;+1/p-1/b16-15+;. The molecule has 3 aromatic rings. The van der Waals surface area contributed by atoms with E-state index >= 15 is 0 Å². The Bertz CT molecular complexity index is 972. The number of para-hydroxylation sites is 3. The summed E-state index contributed by atoms with van der Waals surface area (Å²) in [5.41, 5.74) is 1.77. The minimum Gasteiger partial charge on any atom is -0.545 e. The van der Waals surface area contributed by atoms with E-state index in [9.17, 15) is 9.90 Å². The van der Waals surface area contributed by atoms with Crippen LogP contribution in [-0.4, -0.2) is 19.2 Å². The molecule has 0 aliphatic rings. The van der Waals surface area contributed by atoms with Crippen LogP contribution in [0.5, 0.6) is 17.2 Å². The summed E-state index contributed by atoms with van der Waals surface area (Å²) in [5, 5.41) is 10.6. The number of carboxylic acid groups (broad SMARTS) is 1. The zero-order valence-corrected chi connectivity index (χ0v) is 19.5. The molecule has 5 nitrogen and oxygen atoms in total. The summed E-state index contributed by atoms with van der Waals surface area (Å²) in [6, 6.07) is 24.8. The normalized spacial score (nSPS) is 10.3. The maximum Gasteiger partial charge on any atom is 1.00 e. The Hall–Kier alpha value is -2.73. The number of ether oxygens (including phenoxy) is 3. The summed E-state index contributed by atoms with van der Waals surface area (Å²) < 4.78 is 17.5. The molecule has 3 rings (SSSR count). The molecule has 0 aliphatic carbocycles. The Kier molecular flexibility index (Phi) is 10.7. The van der Waals surface area contributed by atoms with Crippen molar-refractivity contribution >= 4 is 12.0 Å². The summed E-state index contributed by atoms with van der Waals surface area (Å²) in [7, 11) is 0. The second-order valence-electron chi connectivity index (χ2n) is 6.46. The number of rotatable bonds is 11. The molecule has 0 aromatic heterocycles. The van der Waals surface area contributed by atoms with Crippen LogP contribution in [0.4, 0.5) is 0 Å². The Morgan fingerprint density at radius 2 is 1.29 bits per heavy atom. The minimum absolute atomic E-state index is 0. The van der Waals surface area contributed by atoms with E-state index in [-0.39, 0.29) is 29.6 Å². The molecule has 0 bridgehead atoms. The van der Waals surface area contributed by atoms with Crippen molar-refractivity contribution in [1.82, 2.24) is 0 Å². The molecule has 0 spiro atoms. The number of aliphatic carboxylic acids is 1. The molecule has 0 radical (unpaired) electrons. The average molecular weight is 426 g/mol. The number of hydrogen-bond acceptors (Lipinski definition) is 5. The molecule has 0 saturated heterocycles. The maximum absolute atomic E-state index is 10.6. The zero-order valence-electron chi connectivity index (χ0n) is 17.5. The second-order valence-corrected chi connectivity index (χ2v) is 6.46. The van der Waals surface area contributed by atoms with Gasteiger partial charge in [-0.2, -0.15) is 0 Å². The van der Waals surface area contributed by atoms with Crippen molar-refractivity contribution in [3.05, 3.63) is 96.1 Å². The fourth-order valence-corrected chi connectivity index (χ4v) is 2.75. The molecule has 0 aliphatic heterocycles. The molecule has 0 atom stereocenters. The Morgan fingerprint density at radius 1 is 0.742 bits per heavy atom. The molecule has 0 unspecified atom stereocenters. The molecule has 0 heterocycles. The van der Waals surface area contributed by atoms with Crippen LogP contribution in [0.25, 0.3) is 6.08 Å². The summed E-state index contributed by atoms with van der Waals surface area (Å²) >= 11 is 0. The van der Waals surface area contributed by atoms with Gasteiger partial charge in [0.05, 0.1) is 19.2 Å². The van der Waals surface area contributed by atoms with Gasteiger partial charge in [0.25, 0.3) is 0 Å². The SMILES string of the molecule is O=C([O-])/C=C/c1ccccc1OCCCOc1ccccc1OCc1ccccc1.[Na+]. The van der Waals surface area contributed by atoms with Gasteiger partial charge in [-0.1, -0.05) is 60.7 Å². The average Bonchev–Trinajstić information content (AvgIpc) is 2.78. The summed E-state index contributed by atoms with van der Waals surface area (Å²) in [4.78, 5) is 10.6. The van der Waals surface area contributed by atoms with Gasteiger partial charge >= 0.3 is 29.6 Å². The quantitative estimate of drug-likeness (QED) is 0.259. The third-order valence-electron chi connectivity index (χ3n) is 4.21. The number of carboxylic acids is 1. The maximum atomic E-state index is 10.6. The fraction of sp³-hybridized carbons (Fsp3) is 0.160. The van der Waals surface area contributed by atoms with Gasteiger partial charge in [-0.05, 0) is 35.9 Å². The summed E-state index contributed by atoms with van der Waals surface area (Å²) in [5.74, 6) is 0.749. The van der Waals surface area contributed by atoms with Crippen molar-refractivity contribution < 1.29 is 53.7 Å². The van der Waals surface area contributed by atoms with E-state index in [1.165, 1.54) is 6.08 Å². The molecule has 0 saturated carbocycles. The predicted molar refractivity (Wildman–Crippen MR) is 113 cm³/mol. The van der Waals surface area contributed by atoms with Crippen LogP contribution in [0.1, 0.15) is 17.5 Å². The number of hydrogen-bond donors (Lipinski definition) is 0. The van der Waals surface area contributed by atoms with Crippen molar-refractivity contribution in [2.75, 3.05) is 13.2 Å². The van der Waals surface area contributed by atoms with Crippen LogP contribution in [0.3, 0.4) is 0 Å². The van der Waals surface area contributed by atoms with Gasteiger partial charge in [-0.15, -0.1) is 0 Å². The molecular formula is C25H23NaO5. The van der Waals surface area contributed by atoms with E-state index < -0.39 is 5.97 Å². The fourth-order valence-electron chi connectivity index (χ4n) is 2.75. The topological polar surface area (TPSA) is 67.8 Å². The van der Waals surface area contributed by atoms with Gasteiger partial charge in [-0.25, -0.2) is 0 Å². The largest absolute Gasteiger partial charge is 1.00 e. The van der Waals surface area contributed by atoms with E-state index in [0.717, 1.165) is 11.6 Å². The number of carbonyl (C=O) groups excluding carboxylic acids is 1. The van der Waals surface area contributed by atoms with Crippen LogP contribution in [0.2, 0.25) is 0 Å². The van der Waals surface area contributed by atoms with Crippen molar-refractivity contribution in [3.8, 4) is 17.2 Å². The molecule has 154 valence electrons. The number of carbonyl (C=O) groups is 1. The Balaban J connectivity index is 0.00000341. The first-order valence-electron chi connectivity index (χ1n) is 9.72. The van der Waals surface area contributed by atoms with Crippen LogP contribution in [0, 0.1) is 0 Å². The van der Waals surface area contributed by atoms with E-state index in [0.29, 0.717) is 49.1 Å². The van der Waals surface area contributed by atoms with Crippen LogP contribution in [0.15, 0.2) is 84.9 Å². The van der Waals surface area contributed by atoms with Crippen LogP contribution >= 0.6 is 0 Å². The number of benzene rings is 3. The smallest absolute Gasteiger partial charge is 0.545 e. The molecule has 3 aromatic carbocycles. The molecule has 0 N–H and O–H groups in total. The van der Waals surface area contributed by atoms with Gasteiger partial charge < -0.3 is 24.1 Å². The summed E-state index contributed by atoms with van der Waals surface area (Å²) in [6.07, 6.45) is 3.10. The Labute approximate surface area is 204 Å². The van der Waals surface area contributed by atoms with Gasteiger partial charge in [0.15, 0.2) is 11.5 Å².